The lowest BCUT2D eigenvalue weighted by Gasteiger charge is -2.24. The van der Waals surface area contributed by atoms with Crippen molar-refractivity contribution in [2.75, 3.05) is 6.54 Å². The number of hydrogen-bond acceptors (Lipinski definition) is 3. The normalized spacial score (nSPS) is 15.6. The van der Waals surface area contributed by atoms with Crippen LogP contribution in [0.15, 0.2) is 12.3 Å². The van der Waals surface area contributed by atoms with Crippen LogP contribution in [0.1, 0.15) is 19.5 Å². The monoisotopic (exact) mass is 211 g/mol. The lowest BCUT2D eigenvalue weighted by molar-refractivity contribution is 0.0854. The second-order valence-corrected chi connectivity index (χ2v) is 4.40. The van der Waals surface area contributed by atoms with E-state index in [1.807, 2.05) is 19.3 Å². The van der Waals surface area contributed by atoms with Gasteiger partial charge < -0.3 is 10.8 Å². The molecular weight excluding hydrogens is 190 g/mol. The standard InChI is InChI=1S/C11H21N3O/c1-8(2)10(7-12)11(15)6-9-4-5-14(3)13-9/h4-5,8,10-11,15H,6-7,12H2,1-3H3. The molecule has 0 bridgehead atoms. The molecule has 0 saturated carbocycles. The molecule has 0 aliphatic carbocycles. The Labute approximate surface area is 91.1 Å². The fourth-order valence-electron chi connectivity index (χ4n) is 1.81. The van der Waals surface area contributed by atoms with Crippen molar-refractivity contribution in [3.8, 4) is 0 Å². The maximum absolute atomic E-state index is 10.0. The zero-order chi connectivity index (χ0) is 11.4. The highest BCUT2D eigenvalue weighted by molar-refractivity contribution is 5.01. The van der Waals surface area contributed by atoms with Gasteiger partial charge in [-0.05, 0) is 24.4 Å². The minimum atomic E-state index is -0.398. The van der Waals surface area contributed by atoms with Gasteiger partial charge in [-0.15, -0.1) is 0 Å². The van der Waals surface area contributed by atoms with E-state index in [1.165, 1.54) is 0 Å². The summed E-state index contributed by atoms with van der Waals surface area (Å²) in [6.07, 6.45) is 2.07. The van der Waals surface area contributed by atoms with Gasteiger partial charge in [0.2, 0.25) is 0 Å². The van der Waals surface area contributed by atoms with Crippen LogP contribution in [0.5, 0.6) is 0 Å². The first-order chi connectivity index (χ1) is 7.04. The number of hydrogen-bond donors (Lipinski definition) is 2. The van der Waals surface area contributed by atoms with Gasteiger partial charge in [-0.2, -0.15) is 5.10 Å². The van der Waals surface area contributed by atoms with Crippen molar-refractivity contribution in [3.63, 3.8) is 0 Å². The van der Waals surface area contributed by atoms with Gasteiger partial charge in [0.1, 0.15) is 0 Å². The second-order valence-electron chi connectivity index (χ2n) is 4.40. The van der Waals surface area contributed by atoms with Crippen molar-refractivity contribution < 1.29 is 5.11 Å². The van der Waals surface area contributed by atoms with Crippen molar-refractivity contribution in [2.45, 2.75) is 26.4 Å². The summed E-state index contributed by atoms with van der Waals surface area (Å²) in [7, 11) is 1.87. The third kappa shape index (κ3) is 3.32. The van der Waals surface area contributed by atoms with Gasteiger partial charge in [0, 0.05) is 19.7 Å². The molecular formula is C11H21N3O. The van der Waals surface area contributed by atoms with Crippen molar-refractivity contribution >= 4 is 0 Å². The van der Waals surface area contributed by atoms with Crippen LogP contribution in [0.3, 0.4) is 0 Å². The SMILES string of the molecule is CC(C)C(CN)C(O)Cc1ccn(C)n1. The van der Waals surface area contributed by atoms with Gasteiger partial charge in [-0.1, -0.05) is 13.8 Å². The molecule has 0 aromatic carbocycles. The van der Waals surface area contributed by atoms with E-state index in [0.29, 0.717) is 18.9 Å². The average Bonchev–Trinajstić information content (AvgIpc) is 2.51. The van der Waals surface area contributed by atoms with Crippen LogP contribution in [0.2, 0.25) is 0 Å². The van der Waals surface area contributed by atoms with E-state index in [2.05, 4.69) is 18.9 Å². The first-order valence-electron chi connectivity index (χ1n) is 5.41. The summed E-state index contributed by atoms with van der Waals surface area (Å²) >= 11 is 0. The van der Waals surface area contributed by atoms with E-state index in [9.17, 15) is 5.11 Å². The molecule has 4 nitrogen and oxygen atoms in total. The number of aromatic nitrogens is 2. The highest BCUT2D eigenvalue weighted by Gasteiger charge is 2.21. The Balaban J connectivity index is 2.57. The number of aliphatic hydroxyl groups is 1. The molecule has 1 aromatic heterocycles. The highest BCUT2D eigenvalue weighted by atomic mass is 16.3. The van der Waals surface area contributed by atoms with Gasteiger partial charge >= 0.3 is 0 Å². The topological polar surface area (TPSA) is 64.1 Å². The number of aliphatic hydroxyl groups excluding tert-OH is 1. The van der Waals surface area contributed by atoms with Crippen LogP contribution in [-0.4, -0.2) is 27.5 Å². The van der Waals surface area contributed by atoms with Gasteiger partial charge in [-0.3, -0.25) is 4.68 Å². The number of nitrogens with zero attached hydrogens (tertiary/aromatic N) is 2. The van der Waals surface area contributed by atoms with E-state index in [1.54, 1.807) is 4.68 Å². The fourth-order valence-corrected chi connectivity index (χ4v) is 1.81. The maximum Gasteiger partial charge on any atom is 0.0650 e. The Morgan fingerprint density at radius 2 is 2.20 bits per heavy atom. The van der Waals surface area contributed by atoms with Crippen LogP contribution < -0.4 is 5.73 Å². The molecule has 0 aliphatic heterocycles. The quantitative estimate of drug-likeness (QED) is 0.747. The first kappa shape index (κ1) is 12.2. The van der Waals surface area contributed by atoms with Gasteiger partial charge in [0.25, 0.3) is 0 Å². The van der Waals surface area contributed by atoms with Crippen molar-refractivity contribution in [3.05, 3.63) is 18.0 Å². The maximum atomic E-state index is 10.0. The summed E-state index contributed by atoms with van der Waals surface area (Å²) in [5.41, 5.74) is 6.57. The third-order valence-electron chi connectivity index (χ3n) is 2.81. The Bertz CT molecular complexity index is 296. The summed E-state index contributed by atoms with van der Waals surface area (Å²) in [6.45, 7) is 4.68. The Morgan fingerprint density at radius 3 is 2.60 bits per heavy atom. The van der Waals surface area contributed by atoms with Crippen molar-refractivity contribution in [2.24, 2.45) is 24.6 Å². The molecule has 2 unspecified atom stereocenters. The van der Waals surface area contributed by atoms with E-state index in [-0.39, 0.29) is 5.92 Å². The third-order valence-corrected chi connectivity index (χ3v) is 2.81. The van der Waals surface area contributed by atoms with Gasteiger partial charge in [0.05, 0.1) is 11.8 Å². The molecule has 0 amide bonds. The highest BCUT2D eigenvalue weighted by Crippen LogP contribution is 2.17. The largest absolute Gasteiger partial charge is 0.392 e. The second kappa shape index (κ2) is 5.28. The lowest BCUT2D eigenvalue weighted by atomic mass is 9.88. The molecule has 3 N–H and O–H groups in total. The van der Waals surface area contributed by atoms with Gasteiger partial charge in [0.15, 0.2) is 0 Å². The van der Waals surface area contributed by atoms with Crippen LogP contribution >= 0.6 is 0 Å². The summed E-state index contributed by atoms with van der Waals surface area (Å²) in [6, 6.07) is 1.93. The fraction of sp³-hybridized carbons (Fsp3) is 0.727. The van der Waals surface area contributed by atoms with Crippen molar-refractivity contribution in [1.29, 1.82) is 0 Å². The number of aryl methyl sites for hydroxylation is 1. The minimum Gasteiger partial charge on any atom is -0.392 e. The molecule has 1 rings (SSSR count). The zero-order valence-electron chi connectivity index (χ0n) is 9.72. The molecule has 0 radical (unpaired) electrons. The first-order valence-corrected chi connectivity index (χ1v) is 5.41. The van der Waals surface area contributed by atoms with Crippen LogP contribution in [0.25, 0.3) is 0 Å². The summed E-state index contributed by atoms with van der Waals surface area (Å²) < 4.78 is 1.74. The van der Waals surface area contributed by atoms with E-state index < -0.39 is 6.10 Å². The predicted molar refractivity (Wildman–Crippen MR) is 60.3 cm³/mol. The smallest absolute Gasteiger partial charge is 0.0650 e. The van der Waals surface area contributed by atoms with Crippen molar-refractivity contribution in [1.82, 2.24) is 9.78 Å². The molecule has 0 spiro atoms. The summed E-state index contributed by atoms with van der Waals surface area (Å²) in [4.78, 5) is 0. The summed E-state index contributed by atoms with van der Waals surface area (Å²) in [5, 5.41) is 14.3. The predicted octanol–water partition coefficient (Wildman–Crippen LogP) is 0.554. The Morgan fingerprint density at radius 1 is 1.53 bits per heavy atom. The molecule has 1 heterocycles. The summed E-state index contributed by atoms with van der Waals surface area (Å²) in [5.74, 6) is 0.542. The van der Waals surface area contributed by atoms with E-state index >= 15 is 0 Å². The molecule has 0 aliphatic rings. The van der Waals surface area contributed by atoms with Crippen LogP contribution in [0.4, 0.5) is 0 Å². The minimum absolute atomic E-state index is 0.145. The average molecular weight is 211 g/mol. The van der Waals surface area contributed by atoms with Crippen LogP contribution in [0, 0.1) is 11.8 Å². The number of nitrogens with two attached hydrogens (primary N) is 1. The molecule has 4 heteroatoms. The van der Waals surface area contributed by atoms with Gasteiger partial charge in [-0.25, -0.2) is 0 Å². The molecule has 0 saturated heterocycles. The Kier molecular flexibility index (Phi) is 4.29. The molecule has 86 valence electrons. The molecule has 15 heavy (non-hydrogen) atoms. The molecule has 2 atom stereocenters. The van der Waals surface area contributed by atoms with E-state index in [4.69, 9.17) is 5.73 Å². The number of rotatable bonds is 5. The zero-order valence-corrected chi connectivity index (χ0v) is 9.72. The molecule has 0 fully saturated rings. The lowest BCUT2D eigenvalue weighted by Crippen LogP contribution is -2.33. The van der Waals surface area contributed by atoms with Crippen LogP contribution in [-0.2, 0) is 13.5 Å². The Hall–Kier alpha value is -0.870. The molecule has 1 aromatic rings. The van der Waals surface area contributed by atoms with E-state index in [0.717, 1.165) is 5.69 Å².